The molecule has 0 fully saturated rings. The highest BCUT2D eigenvalue weighted by molar-refractivity contribution is 6.35. The predicted octanol–water partition coefficient (Wildman–Crippen LogP) is 3.60. The van der Waals surface area contributed by atoms with E-state index in [2.05, 4.69) is 15.3 Å². The number of amides is 1. The molecular weight excluding hydrogens is 369 g/mol. The lowest BCUT2D eigenvalue weighted by Crippen LogP contribution is -2.22. The molecule has 1 amide bonds. The topological polar surface area (TPSA) is 82.6 Å². The Morgan fingerprint density at radius 1 is 1.04 bits per heavy atom. The van der Waals surface area contributed by atoms with Crippen LogP contribution in [0, 0.1) is 0 Å². The Labute approximate surface area is 155 Å². The zero-order valence-electron chi connectivity index (χ0n) is 13.7. The maximum absolute atomic E-state index is 12.0. The number of benzene rings is 1. The van der Waals surface area contributed by atoms with Gasteiger partial charge in [0.2, 0.25) is 17.7 Å². The van der Waals surface area contributed by atoms with Crippen LogP contribution < -0.4 is 19.5 Å². The van der Waals surface area contributed by atoms with E-state index in [1.165, 1.54) is 6.07 Å². The van der Waals surface area contributed by atoms with E-state index in [-0.39, 0.29) is 12.6 Å². The summed E-state index contributed by atoms with van der Waals surface area (Å²) in [5.74, 6) is 0.559. The van der Waals surface area contributed by atoms with Crippen LogP contribution in [-0.2, 0) is 4.79 Å². The van der Waals surface area contributed by atoms with Crippen molar-refractivity contribution < 1.29 is 19.0 Å². The molecule has 9 heteroatoms. The van der Waals surface area contributed by atoms with Crippen LogP contribution >= 0.6 is 23.2 Å². The molecule has 134 valence electrons. The molecule has 1 N–H and O–H groups in total. The Balaban J connectivity index is 2.01. The second-order valence-corrected chi connectivity index (χ2v) is 5.49. The molecule has 0 atom stereocenters. The van der Waals surface area contributed by atoms with Crippen molar-refractivity contribution in [3.8, 4) is 17.5 Å². The summed E-state index contributed by atoms with van der Waals surface area (Å²) in [5, 5.41) is 3.32. The molecular formula is C16H17Cl2N3O4. The lowest BCUT2D eigenvalue weighted by molar-refractivity contribution is -0.118. The van der Waals surface area contributed by atoms with Crippen molar-refractivity contribution in [2.75, 3.05) is 25.1 Å². The van der Waals surface area contributed by atoms with Crippen LogP contribution in [0.1, 0.15) is 13.8 Å². The van der Waals surface area contributed by atoms with E-state index in [0.717, 1.165) is 0 Å². The molecule has 0 saturated heterocycles. The van der Waals surface area contributed by atoms with E-state index in [1.807, 2.05) is 13.8 Å². The van der Waals surface area contributed by atoms with E-state index in [1.54, 1.807) is 18.2 Å². The van der Waals surface area contributed by atoms with Gasteiger partial charge in [-0.3, -0.25) is 10.1 Å². The van der Waals surface area contributed by atoms with Crippen molar-refractivity contribution in [1.82, 2.24) is 9.97 Å². The number of carbonyl (C=O) groups is 1. The maximum Gasteiger partial charge on any atom is 0.264 e. The molecule has 0 spiro atoms. The van der Waals surface area contributed by atoms with Crippen LogP contribution in [0.2, 0.25) is 10.0 Å². The van der Waals surface area contributed by atoms with Gasteiger partial charge >= 0.3 is 0 Å². The van der Waals surface area contributed by atoms with Crippen LogP contribution in [0.25, 0.3) is 0 Å². The van der Waals surface area contributed by atoms with Gasteiger partial charge in [0.15, 0.2) is 6.61 Å². The molecule has 0 radical (unpaired) electrons. The van der Waals surface area contributed by atoms with E-state index in [0.29, 0.717) is 40.8 Å². The highest BCUT2D eigenvalue weighted by atomic mass is 35.5. The van der Waals surface area contributed by atoms with Crippen molar-refractivity contribution in [1.29, 1.82) is 0 Å². The van der Waals surface area contributed by atoms with Gasteiger partial charge in [0.25, 0.3) is 5.91 Å². The molecule has 0 aliphatic heterocycles. The third-order valence-corrected chi connectivity index (χ3v) is 3.30. The summed E-state index contributed by atoms with van der Waals surface area (Å²) in [7, 11) is 0. The van der Waals surface area contributed by atoms with Crippen LogP contribution in [0.4, 0.5) is 5.95 Å². The average molecular weight is 386 g/mol. The molecule has 2 rings (SSSR count). The number of hydrogen-bond acceptors (Lipinski definition) is 6. The van der Waals surface area contributed by atoms with E-state index >= 15 is 0 Å². The summed E-state index contributed by atoms with van der Waals surface area (Å²) in [6.07, 6.45) is 0. The molecule has 0 aliphatic rings. The molecule has 1 aromatic heterocycles. The van der Waals surface area contributed by atoms with Crippen molar-refractivity contribution in [2.24, 2.45) is 0 Å². The number of hydrogen-bond donors (Lipinski definition) is 1. The van der Waals surface area contributed by atoms with E-state index in [4.69, 9.17) is 37.4 Å². The minimum Gasteiger partial charge on any atom is -0.482 e. The summed E-state index contributed by atoms with van der Waals surface area (Å²) in [6, 6.07) is 6.27. The largest absolute Gasteiger partial charge is 0.482 e. The molecule has 0 bridgehead atoms. The fourth-order valence-electron chi connectivity index (χ4n) is 1.80. The molecule has 2 aromatic rings. The zero-order valence-corrected chi connectivity index (χ0v) is 15.2. The van der Waals surface area contributed by atoms with Crippen molar-refractivity contribution in [3.05, 3.63) is 34.3 Å². The fraction of sp³-hybridized carbons (Fsp3) is 0.312. The highest BCUT2D eigenvalue weighted by Crippen LogP contribution is 2.27. The zero-order chi connectivity index (χ0) is 18.2. The number of nitrogens with one attached hydrogen (secondary N) is 1. The number of anilines is 1. The SMILES string of the molecule is CCOc1cc(OCC)nc(NC(=O)COc2ccc(Cl)cc2Cl)n1. The van der Waals surface area contributed by atoms with Gasteiger partial charge in [-0.25, -0.2) is 0 Å². The summed E-state index contributed by atoms with van der Waals surface area (Å²) in [4.78, 5) is 20.2. The molecule has 0 aliphatic carbocycles. The van der Waals surface area contributed by atoms with Gasteiger partial charge in [0, 0.05) is 5.02 Å². The highest BCUT2D eigenvalue weighted by Gasteiger charge is 2.11. The average Bonchev–Trinajstić information content (AvgIpc) is 2.54. The Kier molecular flexibility index (Phi) is 7.09. The molecule has 1 aromatic carbocycles. The molecule has 0 saturated carbocycles. The fourth-order valence-corrected chi connectivity index (χ4v) is 2.26. The Hall–Kier alpha value is -2.25. The number of carbonyl (C=O) groups excluding carboxylic acids is 1. The van der Waals surface area contributed by atoms with Gasteiger partial charge in [-0.15, -0.1) is 0 Å². The Morgan fingerprint density at radius 3 is 2.24 bits per heavy atom. The quantitative estimate of drug-likeness (QED) is 0.747. The second-order valence-electron chi connectivity index (χ2n) is 4.65. The molecule has 25 heavy (non-hydrogen) atoms. The van der Waals surface area contributed by atoms with Gasteiger partial charge in [0.05, 0.1) is 24.3 Å². The third-order valence-electron chi connectivity index (χ3n) is 2.77. The van der Waals surface area contributed by atoms with Crippen LogP contribution in [-0.4, -0.2) is 35.7 Å². The lowest BCUT2D eigenvalue weighted by Gasteiger charge is -2.10. The van der Waals surface area contributed by atoms with Gasteiger partial charge in [-0.2, -0.15) is 9.97 Å². The van der Waals surface area contributed by atoms with Crippen molar-refractivity contribution in [3.63, 3.8) is 0 Å². The first-order valence-electron chi connectivity index (χ1n) is 7.54. The molecule has 7 nitrogen and oxygen atoms in total. The predicted molar refractivity (Wildman–Crippen MR) is 95.0 cm³/mol. The number of rotatable bonds is 8. The maximum atomic E-state index is 12.0. The molecule has 1 heterocycles. The summed E-state index contributed by atoms with van der Waals surface area (Å²) in [6.45, 7) is 4.23. The second kappa shape index (κ2) is 9.29. The van der Waals surface area contributed by atoms with Gasteiger partial charge in [-0.1, -0.05) is 23.2 Å². The first-order chi connectivity index (χ1) is 12.0. The third kappa shape index (κ3) is 5.95. The van der Waals surface area contributed by atoms with Crippen LogP contribution in [0.3, 0.4) is 0 Å². The van der Waals surface area contributed by atoms with Crippen LogP contribution in [0.5, 0.6) is 17.5 Å². The van der Waals surface area contributed by atoms with Gasteiger partial charge < -0.3 is 14.2 Å². The summed E-state index contributed by atoms with van der Waals surface area (Å²) in [5.41, 5.74) is 0. The number of aromatic nitrogens is 2. The van der Waals surface area contributed by atoms with Gasteiger partial charge in [0.1, 0.15) is 5.75 Å². The van der Waals surface area contributed by atoms with E-state index in [9.17, 15) is 4.79 Å². The smallest absolute Gasteiger partial charge is 0.264 e. The summed E-state index contributed by atoms with van der Waals surface area (Å²) >= 11 is 11.8. The summed E-state index contributed by atoms with van der Waals surface area (Å²) < 4.78 is 16.0. The normalized spacial score (nSPS) is 10.2. The number of halogens is 2. The minimum absolute atomic E-state index is 0.0604. The van der Waals surface area contributed by atoms with Gasteiger partial charge in [-0.05, 0) is 32.0 Å². The number of ether oxygens (including phenoxy) is 3. The monoisotopic (exact) mass is 385 g/mol. The lowest BCUT2D eigenvalue weighted by atomic mass is 10.3. The number of nitrogens with zero attached hydrogens (tertiary/aromatic N) is 2. The van der Waals surface area contributed by atoms with Crippen molar-refractivity contribution in [2.45, 2.75) is 13.8 Å². The standard InChI is InChI=1S/C16H17Cl2N3O4/c1-3-23-14-8-15(24-4-2)21-16(20-14)19-13(22)9-25-12-6-5-10(17)7-11(12)18/h5-8H,3-4,9H2,1-2H3,(H,19,20,21,22). The Bertz CT molecular complexity index is 719. The van der Waals surface area contributed by atoms with Crippen molar-refractivity contribution >= 4 is 35.1 Å². The minimum atomic E-state index is -0.456. The Morgan fingerprint density at radius 2 is 1.68 bits per heavy atom. The van der Waals surface area contributed by atoms with Crippen LogP contribution in [0.15, 0.2) is 24.3 Å². The first-order valence-corrected chi connectivity index (χ1v) is 8.29. The molecule has 0 unspecified atom stereocenters. The van der Waals surface area contributed by atoms with E-state index < -0.39 is 5.91 Å². The first kappa shape index (κ1) is 19.1.